The van der Waals surface area contributed by atoms with E-state index in [9.17, 15) is 14.4 Å². The van der Waals surface area contributed by atoms with Crippen LogP contribution in [0.25, 0.3) is 0 Å². The largest absolute Gasteiger partial charge is 0.480 e. The number of methoxy groups -OCH3 is 1. The van der Waals surface area contributed by atoms with Crippen molar-refractivity contribution in [3.63, 3.8) is 0 Å². The molecule has 2 aliphatic rings. The van der Waals surface area contributed by atoms with Gasteiger partial charge in [0.25, 0.3) is 0 Å². The Kier molecular flexibility index (Phi) is 6.38. The lowest BCUT2D eigenvalue weighted by atomic mass is 9.77. The van der Waals surface area contributed by atoms with E-state index in [0.29, 0.717) is 12.8 Å². The number of likely N-dealkylation sites (tertiary alicyclic amines) is 1. The number of amides is 2. The first-order valence-corrected chi connectivity index (χ1v) is 8.35. The van der Waals surface area contributed by atoms with Crippen LogP contribution < -0.4 is 5.32 Å². The van der Waals surface area contributed by atoms with Gasteiger partial charge in [-0.2, -0.15) is 0 Å². The molecule has 1 heterocycles. The van der Waals surface area contributed by atoms with Crippen molar-refractivity contribution in [1.29, 1.82) is 0 Å². The average Bonchev–Trinajstić information content (AvgIpc) is 3.08. The molecule has 1 aliphatic heterocycles. The van der Waals surface area contributed by atoms with E-state index in [2.05, 4.69) is 5.32 Å². The Morgan fingerprint density at radius 1 is 1.13 bits per heavy atom. The SMILES string of the molecule is COCC(NC(=O)C1CCCCC1C(=O)N1CCCC1)C(=O)O. The van der Waals surface area contributed by atoms with Gasteiger partial charge in [0.05, 0.1) is 6.61 Å². The molecule has 0 aromatic heterocycles. The second-order valence-electron chi connectivity index (χ2n) is 6.38. The van der Waals surface area contributed by atoms with E-state index in [1.807, 2.05) is 4.90 Å². The van der Waals surface area contributed by atoms with Gasteiger partial charge in [-0.15, -0.1) is 0 Å². The van der Waals surface area contributed by atoms with E-state index in [-0.39, 0.29) is 24.3 Å². The number of hydrogen-bond donors (Lipinski definition) is 2. The minimum atomic E-state index is -1.13. The third kappa shape index (κ3) is 4.43. The average molecular weight is 326 g/mol. The molecule has 1 aliphatic carbocycles. The molecule has 3 atom stereocenters. The van der Waals surface area contributed by atoms with Crippen LogP contribution in [-0.2, 0) is 19.1 Å². The van der Waals surface area contributed by atoms with Gasteiger partial charge in [0.15, 0.2) is 6.04 Å². The maximum absolute atomic E-state index is 12.7. The summed E-state index contributed by atoms with van der Waals surface area (Å²) < 4.78 is 4.84. The molecule has 0 spiro atoms. The summed E-state index contributed by atoms with van der Waals surface area (Å²) in [5.41, 5.74) is 0. The molecule has 130 valence electrons. The summed E-state index contributed by atoms with van der Waals surface area (Å²) in [6, 6.07) is -1.07. The lowest BCUT2D eigenvalue weighted by molar-refractivity contribution is -0.146. The van der Waals surface area contributed by atoms with Crippen molar-refractivity contribution in [2.45, 2.75) is 44.6 Å². The van der Waals surface area contributed by atoms with Gasteiger partial charge in [-0.3, -0.25) is 9.59 Å². The minimum absolute atomic E-state index is 0.0565. The van der Waals surface area contributed by atoms with Crippen LogP contribution in [0.15, 0.2) is 0 Å². The molecule has 0 bridgehead atoms. The summed E-state index contributed by atoms with van der Waals surface area (Å²) in [7, 11) is 1.39. The van der Waals surface area contributed by atoms with E-state index in [1.165, 1.54) is 7.11 Å². The maximum atomic E-state index is 12.7. The van der Waals surface area contributed by atoms with Crippen molar-refractivity contribution in [3.8, 4) is 0 Å². The van der Waals surface area contributed by atoms with Gasteiger partial charge in [-0.1, -0.05) is 12.8 Å². The third-order valence-corrected chi connectivity index (χ3v) is 4.79. The quantitative estimate of drug-likeness (QED) is 0.746. The monoisotopic (exact) mass is 326 g/mol. The van der Waals surface area contributed by atoms with Crippen LogP contribution in [0.5, 0.6) is 0 Å². The first kappa shape index (κ1) is 17.7. The fraction of sp³-hybridized carbons (Fsp3) is 0.812. The predicted octanol–water partition coefficient (Wildman–Crippen LogP) is 0.631. The van der Waals surface area contributed by atoms with Gasteiger partial charge in [0, 0.05) is 32.0 Å². The summed E-state index contributed by atoms with van der Waals surface area (Å²) in [6.45, 7) is 1.45. The van der Waals surface area contributed by atoms with Gasteiger partial charge in [0.1, 0.15) is 0 Å². The van der Waals surface area contributed by atoms with Crippen LogP contribution in [0.1, 0.15) is 38.5 Å². The van der Waals surface area contributed by atoms with Crippen molar-refractivity contribution < 1.29 is 24.2 Å². The van der Waals surface area contributed by atoms with Crippen LogP contribution in [0.2, 0.25) is 0 Å². The molecule has 7 nitrogen and oxygen atoms in total. The van der Waals surface area contributed by atoms with Gasteiger partial charge >= 0.3 is 5.97 Å². The Labute approximate surface area is 136 Å². The summed E-state index contributed by atoms with van der Waals surface area (Å²) in [5.74, 6) is -2.17. The topological polar surface area (TPSA) is 95.9 Å². The highest BCUT2D eigenvalue weighted by molar-refractivity contribution is 5.90. The van der Waals surface area contributed by atoms with Crippen LogP contribution >= 0.6 is 0 Å². The number of carbonyl (C=O) groups excluding carboxylic acids is 2. The molecule has 7 heteroatoms. The fourth-order valence-corrected chi connectivity index (χ4v) is 3.53. The predicted molar refractivity (Wildman–Crippen MR) is 82.7 cm³/mol. The maximum Gasteiger partial charge on any atom is 0.328 e. The Hall–Kier alpha value is -1.63. The normalized spacial score (nSPS) is 25.9. The number of ether oxygens (including phenoxy) is 1. The molecule has 3 unspecified atom stereocenters. The van der Waals surface area contributed by atoms with E-state index in [1.54, 1.807) is 0 Å². The number of carboxylic acid groups (broad SMARTS) is 1. The Morgan fingerprint density at radius 2 is 1.74 bits per heavy atom. The minimum Gasteiger partial charge on any atom is -0.480 e. The molecule has 23 heavy (non-hydrogen) atoms. The van der Waals surface area contributed by atoms with Crippen molar-refractivity contribution in [1.82, 2.24) is 10.2 Å². The second kappa shape index (κ2) is 8.29. The number of carbonyl (C=O) groups is 3. The number of rotatable bonds is 6. The molecule has 2 amide bonds. The molecule has 2 rings (SSSR count). The van der Waals surface area contributed by atoms with Crippen LogP contribution in [-0.4, -0.2) is 60.6 Å². The summed E-state index contributed by atoms with van der Waals surface area (Å²) in [5, 5.41) is 11.7. The van der Waals surface area contributed by atoms with Crippen molar-refractivity contribution in [3.05, 3.63) is 0 Å². The van der Waals surface area contributed by atoms with Crippen LogP contribution in [0.4, 0.5) is 0 Å². The molecule has 1 saturated carbocycles. The van der Waals surface area contributed by atoms with Crippen LogP contribution in [0, 0.1) is 11.8 Å². The second-order valence-corrected chi connectivity index (χ2v) is 6.38. The van der Waals surface area contributed by atoms with Crippen molar-refractivity contribution in [2.24, 2.45) is 11.8 Å². The lowest BCUT2D eigenvalue weighted by Crippen LogP contribution is -2.50. The Balaban J connectivity index is 2.02. The van der Waals surface area contributed by atoms with Gasteiger partial charge < -0.3 is 20.1 Å². The van der Waals surface area contributed by atoms with E-state index >= 15 is 0 Å². The highest BCUT2D eigenvalue weighted by Gasteiger charge is 2.39. The zero-order chi connectivity index (χ0) is 16.8. The van der Waals surface area contributed by atoms with Crippen molar-refractivity contribution >= 4 is 17.8 Å². The van der Waals surface area contributed by atoms with E-state index < -0.39 is 17.9 Å². The van der Waals surface area contributed by atoms with E-state index in [0.717, 1.165) is 38.8 Å². The number of hydrogen-bond acceptors (Lipinski definition) is 4. The lowest BCUT2D eigenvalue weighted by Gasteiger charge is -2.33. The zero-order valence-corrected chi connectivity index (χ0v) is 13.6. The zero-order valence-electron chi connectivity index (χ0n) is 13.6. The van der Waals surface area contributed by atoms with Crippen molar-refractivity contribution in [2.75, 3.05) is 26.8 Å². The smallest absolute Gasteiger partial charge is 0.328 e. The van der Waals surface area contributed by atoms with Crippen LogP contribution in [0.3, 0.4) is 0 Å². The number of nitrogens with one attached hydrogen (secondary N) is 1. The molecule has 0 aromatic rings. The number of aliphatic carboxylic acids is 1. The number of carboxylic acids is 1. The molecule has 0 radical (unpaired) electrons. The molecule has 1 saturated heterocycles. The van der Waals surface area contributed by atoms with E-state index in [4.69, 9.17) is 9.84 Å². The highest BCUT2D eigenvalue weighted by atomic mass is 16.5. The van der Waals surface area contributed by atoms with Gasteiger partial charge in [-0.25, -0.2) is 4.79 Å². The Morgan fingerprint density at radius 3 is 2.30 bits per heavy atom. The molecule has 2 fully saturated rings. The summed E-state index contributed by atoms with van der Waals surface area (Å²) >= 11 is 0. The molecular weight excluding hydrogens is 300 g/mol. The fourth-order valence-electron chi connectivity index (χ4n) is 3.53. The van der Waals surface area contributed by atoms with Gasteiger partial charge in [0.2, 0.25) is 11.8 Å². The highest BCUT2D eigenvalue weighted by Crippen LogP contribution is 2.32. The summed E-state index contributed by atoms with van der Waals surface area (Å²) in [4.78, 5) is 38.2. The number of nitrogens with zero attached hydrogens (tertiary/aromatic N) is 1. The third-order valence-electron chi connectivity index (χ3n) is 4.79. The Bertz CT molecular complexity index is 448. The first-order valence-electron chi connectivity index (χ1n) is 8.35. The molecular formula is C16H26N2O5. The molecule has 2 N–H and O–H groups in total. The standard InChI is InChI=1S/C16H26N2O5/c1-23-10-13(16(21)22)17-14(19)11-6-2-3-7-12(11)15(20)18-8-4-5-9-18/h11-13H,2-10H2,1H3,(H,17,19)(H,21,22). The molecule has 0 aromatic carbocycles. The first-order chi connectivity index (χ1) is 11.0. The van der Waals surface area contributed by atoms with Gasteiger partial charge in [-0.05, 0) is 25.7 Å². The summed E-state index contributed by atoms with van der Waals surface area (Å²) in [6.07, 6.45) is 5.21.